The first-order valence-corrected chi connectivity index (χ1v) is 6.75. The minimum absolute atomic E-state index is 0.0780. The highest BCUT2D eigenvalue weighted by Gasteiger charge is 2.10. The zero-order valence-corrected chi connectivity index (χ0v) is 11.8. The zero-order valence-electron chi connectivity index (χ0n) is 9.41. The molecule has 1 aromatic heterocycles. The van der Waals surface area contributed by atoms with Crippen molar-refractivity contribution >= 4 is 33.4 Å². The number of aryl methyl sites for hydroxylation is 1. The third-order valence-corrected chi connectivity index (χ3v) is 4.10. The summed E-state index contributed by atoms with van der Waals surface area (Å²) < 4.78 is 2.55. The van der Waals surface area contributed by atoms with Crippen LogP contribution >= 0.6 is 27.7 Å². The molecule has 0 unspecified atom stereocenters. The predicted molar refractivity (Wildman–Crippen MR) is 71.4 cm³/mol. The Morgan fingerprint density at radius 1 is 1.56 bits per heavy atom. The molecule has 0 aliphatic carbocycles. The van der Waals surface area contributed by atoms with Crippen LogP contribution in [0.2, 0.25) is 0 Å². The molecular formula is C10H9BrN4O2S. The van der Waals surface area contributed by atoms with Crippen LogP contribution in [0, 0.1) is 10.1 Å². The fraction of sp³-hybridized carbons (Fsp3) is 0.200. The van der Waals surface area contributed by atoms with Gasteiger partial charge in [0.2, 0.25) is 0 Å². The van der Waals surface area contributed by atoms with Crippen molar-refractivity contribution in [2.75, 3.05) is 0 Å². The van der Waals surface area contributed by atoms with E-state index in [-0.39, 0.29) is 5.69 Å². The average molecular weight is 329 g/mol. The molecule has 0 radical (unpaired) electrons. The highest BCUT2D eigenvalue weighted by atomic mass is 79.9. The molecule has 8 heteroatoms. The van der Waals surface area contributed by atoms with E-state index in [1.807, 2.05) is 11.6 Å². The number of hydrogen-bond donors (Lipinski definition) is 0. The molecule has 6 nitrogen and oxygen atoms in total. The Kier molecular flexibility index (Phi) is 3.97. The summed E-state index contributed by atoms with van der Waals surface area (Å²) in [6.07, 6.45) is 1.63. The van der Waals surface area contributed by atoms with E-state index in [4.69, 9.17) is 0 Å². The summed E-state index contributed by atoms with van der Waals surface area (Å²) in [7, 11) is 1.87. The number of nitro groups is 1. The molecule has 1 heterocycles. The molecule has 0 saturated heterocycles. The van der Waals surface area contributed by atoms with E-state index >= 15 is 0 Å². The number of thioether (sulfide) groups is 1. The van der Waals surface area contributed by atoms with Crippen LogP contribution in [0.25, 0.3) is 0 Å². The highest BCUT2D eigenvalue weighted by Crippen LogP contribution is 2.28. The second-order valence-corrected chi connectivity index (χ2v) is 5.34. The van der Waals surface area contributed by atoms with Crippen molar-refractivity contribution in [3.63, 3.8) is 0 Å². The number of non-ortho nitro benzene ring substituents is 1. The summed E-state index contributed by atoms with van der Waals surface area (Å²) in [5.74, 6) is 0.672. The summed E-state index contributed by atoms with van der Waals surface area (Å²) in [6.45, 7) is 0. The molecule has 0 atom stereocenters. The van der Waals surface area contributed by atoms with Gasteiger partial charge in [-0.25, -0.2) is 0 Å². The van der Waals surface area contributed by atoms with Gasteiger partial charge in [0.1, 0.15) is 6.33 Å². The predicted octanol–water partition coefficient (Wildman–Crippen LogP) is 2.78. The van der Waals surface area contributed by atoms with Crippen molar-refractivity contribution in [3.8, 4) is 0 Å². The number of nitro benzene ring substituents is 1. The van der Waals surface area contributed by atoms with Crippen LogP contribution in [-0.2, 0) is 12.8 Å². The van der Waals surface area contributed by atoms with Crippen molar-refractivity contribution in [3.05, 3.63) is 44.7 Å². The molecule has 0 bridgehead atoms. The number of nitrogens with zero attached hydrogens (tertiary/aromatic N) is 4. The Labute approximate surface area is 116 Å². The minimum atomic E-state index is -0.412. The molecule has 0 amide bonds. The number of aromatic nitrogens is 3. The van der Waals surface area contributed by atoms with Crippen LogP contribution in [0.1, 0.15) is 5.56 Å². The van der Waals surface area contributed by atoms with Gasteiger partial charge in [-0.05, 0) is 5.56 Å². The van der Waals surface area contributed by atoms with Crippen molar-refractivity contribution in [2.45, 2.75) is 10.9 Å². The largest absolute Gasteiger partial charge is 0.312 e. The summed E-state index contributed by atoms with van der Waals surface area (Å²) >= 11 is 4.86. The normalized spacial score (nSPS) is 10.6. The third kappa shape index (κ3) is 2.88. The molecule has 18 heavy (non-hydrogen) atoms. The van der Waals surface area contributed by atoms with E-state index in [2.05, 4.69) is 26.1 Å². The molecule has 0 aliphatic heterocycles. The molecule has 1 aromatic carbocycles. The van der Waals surface area contributed by atoms with Crippen LogP contribution in [0.4, 0.5) is 5.69 Å². The first-order valence-electron chi connectivity index (χ1n) is 4.97. The van der Waals surface area contributed by atoms with Gasteiger partial charge in [-0.15, -0.1) is 10.2 Å². The van der Waals surface area contributed by atoms with E-state index in [1.165, 1.54) is 23.9 Å². The first-order chi connectivity index (χ1) is 8.58. The maximum Gasteiger partial charge on any atom is 0.270 e. The number of hydrogen-bond acceptors (Lipinski definition) is 5. The van der Waals surface area contributed by atoms with Crippen LogP contribution < -0.4 is 0 Å². The Bertz CT molecular complexity index is 587. The average Bonchev–Trinajstić information content (AvgIpc) is 2.73. The van der Waals surface area contributed by atoms with Gasteiger partial charge in [0, 0.05) is 29.4 Å². The lowest BCUT2D eigenvalue weighted by Crippen LogP contribution is -1.92. The van der Waals surface area contributed by atoms with Gasteiger partial charge in [-0.3, -0.25) is 10.1 Å². The Morgan fingerprint density at radius 2 is 2.33 bits per heavy atom. The molecule has 0 saturated carbocycles. The van der Waals surface area contributed by atoms with Crippen molar-refractivity contribution in [2.24, 2.45) is 7.05 Å². The molecular weight excluding hydrogens is 320 g/mol. The van der Waals surface area contributed by atoms with E-state index in [0.717, 1.165) is 15.2 Å². The van der Waals surface area contributed by atoms with E-state index in [9.17, 15) is 10.1 Å². The highest BCUT2D eigenvalue weighted by molar-refractivity contribution is 9.10. The van der Waals surface area contributed by atoms with Gasteiger partial charge >= 0.3 is 0 Å². The monoisotopic (exact) mass is 328 g/mol. The summed E-state index contributed by atoms with van der Waals surface area (Å²) in [5.41, 5.74) is 1.06. The summed E-state index contributed by atoms with van der Waals surface area (Å²) in [4.78, 5) is 10.2. The Morgan fingerprint density at radius 3 is 2.89 bits per heavy atom. The lowest BCUT2D eigenvalue weighted by atomic mass is 10.2. The van der Waals surface area contributed by atoms with Crippen LogP contribution in [-0.4, -0.2) is 19.7 Å². The molecule has 94 valence electrons. The van der Waals surface area contributed by atoms with Crippen molar-refractivity contribution in [1.82, 2.24) is 14.8 Å². The van der Waals surface area contributed by atoms with Crippen molar-refractivity contribution in [1.29, 1.82) is 0 Å². The van der Waals surface area contributed by atoms with Crippen LogP contribution in [0.15, 0.2) is 34.2 Å². The number of rotatable bonds is 4. The first kappa shape index (κ1) is 13.0. The van der Waals surface area contributed by atoms with Gasteiger partial charge in [0.25, 0.3) is 5.69 Å². The Balaban J connectivity index is 2.11. The molecule has 2 aromatic rings. The van der Waals surface area contributed by atoms with Gasteiger partial charge < -0.3 is 4.57 Å². The third-order valence-electron chi connectivity index (χ3n) is 2.27. The van der Waals surface area contributed by atoms with Gasteiger partial charge in [0.15, 0.2) is 5.16 Å². The number of benzene rings is 1. The Hall–Kier alpha value is -1.41. The number of halogens is 1. The zero-order chi connectivity index (χ0) is 13.1. The van der Waals surface area contributed by atoms with Crippen molar-refractivity contribution < 1.29 is 4.92 Å². The van der Waals surface area contributed by atoms with Crippen LogP contribution in [0.5, 0.6) is 0 Å². The van der Waals surface area contributed by atoms with E-state index in [1.54, 1.807) is 12.4 Å². The second-order valence-electron chi connectivity index (χ2n) is 3.55. The topological polar surface area (TPSA) is 73.8 Å². The molecule has 0 fully saturated rings. The smallest absolute Gasteiger partial charge is 0.270 e. The maximum absolute atomic E-state index is 10.6. The maximum atomic E-state index is 10.6. The second kappa shape index (κ2) is 5.49. The summed E-state index contributed by atoms with van der Waals surface area (Å²) in [6, 6.07) is 4.75. The van der Waals surface area contributed by atoms with Gasteiger partial charge in [-0.2, -0.15) is 0 Å². The minimum Gasteiger partial charge on any atom is -0.312 e. The van der Waals surface area contributed by atoms with E-state index < -0.39 is 4.92 Å². The lowest BCUT2D eigenvalue weighted by molar-refractivity contribution is -0.384. The van der Waals surface area contributed by atoms with E-state index in [0.29, 0.717) is 5.75 Å². The van der Waals surface area contributed by atoms with Gasteiger partial charge in [0.05, 0.1) is 4.92 Å². The summed E-state index contributed by atoms with van der Waals surface area (Å²) in [5, 5.41) is 19.2. The quantitative estimate of drug-likeness (QED) is 0.490. The fourth-order valence-corrected chi connectivity index (χ4v) is 2.90. The van der Waals surface area contributed by atoms with Crippen LogP contribution in [0.3, 0.4) is 0 Å². The molecule has 0 N–H and O–H groups in total. The molecule has 0 aliphatic rings. The lowest BCUT2D eigenvalue weighted by Gasteiger charge is -2.03. The standard InChI is InChI=1S/C10H9BrN4O2S/c1-14-6-12-13-10(14)18-5-7-2-3-8(15(16)17)4-9(7)11/h2-4,6H,5H2,1H3. The SMILES string of the molecule is Cn1cnnc1SCc1ccc([N+](=O)[O-])cc1Br. The van der Waals surface area contributed by atoms with Gasteiger partial charge in [-0.1, -0.05) is 33.8 Å². The molecule has 2 rings (SSSR count). The molecule has 0 spiro atoms. The fourth-order valence-electron chi connectivity index (χ4n) is 1.31.